The van der Waals surface area contributed by atoms with Crippen LogP contribution in [0, 0.1) is 11.8 Å². The minimum Gasteiger partial charge on any atom is -0.299 e. The molecule has 9 heavy (non-hydrogen) atoms. The lowest BCUT2D eigenvalue weighted by atomic mass is 10.2. The summed E-state index contributed by atoms with van der Waals surface area (Å²) in [4.78, 5) is 10.8. The van der Waals surface area contributed by atoms with Gasteiger partial charge in [-0.15, -0.1) is 0 Å². The highest BCUT2D eigenvalue weighted by molar-refractivity contribution is 5.99. The second-order valence-electron chi connectivity index (χ2n) is 2.81. The molecule has 1 fully saturated rings. The maximum atomic E-state index is 10.8. The summed E-state index contributed by atoms with van der Waals surface area (Å²) >= 11 is 0. The lowest BCUT2D eigenvalue weighted by molar-refractivity contribution is -0.112. The van der Waals surface area contributed by atoms with Gasteiger partial charge in [-0.1, -0.05) is 20.3 Å². The minimum absolute atomic E-state index is 0.449. The lowest BCUT2D eigenvalue weighted by Crippen LogP contribution is -1.78. The largest absolute Gasteiger partial charge is 0.299 e. The molecule has 0 aromatic rings. The number of carbonyl (C=O) groups excluding carboxylic acids is 1. The van der Waals surface area contributed by atoms with Crippen LogP contribution in [-0.2, 0) is 4.79 Å². The van der Waals surface area contributed by atoms with Crippen molar-refractivity contribution in [2.24, 2.45) is 11.8 Å². The molecule has 2 unspecified atom stereocenters. The van der Waals surface area contributed by atoms with E-state index in [0.717, 1.165) is 19.3 Å². The lowest BCUT2D eigenvalue weighted by Gasteiger charge is -1.86. The highest BCUT2D eigenvalue weighted by Gasteiger charge is 2.45. The molecular weight excluding hydrogens is 112 g/mol. The number of carbonyl (C=O) groups is 1. The van der Waals surface area contributed by atoms with Gasteiger partial charge in [0.15, 0.2) is 0 Å². The van der Waals surface area contributed by atoms with Gasteiger partial charge in [0.1, 0.15) is 5.78 Å². The van der Waals surface area contributed by atoms with Crippen molar-refractivity contribution in [2.75, 3.05) is 0 Å². The van der Waals surface area contributed by atoms with Crippen LogP contribution in [0.3, 0.4) is 0 Å². The van der Waals surface area contributed by atoms with Gasteiger partial charge < -0.3 is 0 Å². The third-order valence-electron chi connectivity index (χ3n) is 2.15. The molecule has 0 bridgehead atoms. The summed E-state index contributed by atoms with van der Waals surface area (Å²) in [7, 11) is 0. The highest BCUT2D eigenvalue weighted by atomic mass is 16.1. The molecule has 0 heterocycles. The molecule has 0 radical (unpaired) electrons. The highest BCUT2D eigenvalue weighted by Crippen LogP contribution is 2.39. The van der Waals surface area contributed by atoms with E-state index in [9.17, 15) is 4.79 Å². The SMILES string of the molecule is CCCC1C(=O)C1CC. The predicted octanol–water partition coefficient (Wildman–Crippen LogP) is 2.01. The van der Waals surface area contributed by atoms with Gasteiger partial charge in [-0.25, -0.2) is 0 Å². The Kier molecular flexibility index (Phi) is 1.89. The van der Waals surface area contributed by atoms with Crippen molar-refractivity contribution in [3.05, 3.63) is 0 Å². The fourth-order valence-corrected chi connectivity index (χ4v) is 1.49. The predicted molar refractivity (Wildman–Crippen MR) is 37.2 cm³/mol. The first-order valence-corrected chi connectivity index (χ1v) is 3.85. The van der Waals surface area contributed by atoms with Crippen molar-refractivity contribution in [2.45, 2.75) is 33.1 Å². The molecular formula is C8H14O. The fourth-order valence-electron chi connectivity index (χ4n) is 1.49. The van der Waals surface area contributed by atoms with Gasteiger partial charge >= 0.3 is 0 Å². The molecule has 0 aromatic carbocycles. The quantitative estimate of drug-likeness (QED) is 0.565. The van der Waals surface area contributed by atoms with Gasteiger partial charge in [-0.3, -0.25) is 4.79 Å². The van der Waals surface area contributed by atoms with Crippen LogP contribution in [0.5, 0.6) is 0 Å². The summed E-state index contributed by atoms with van der Waals surface area (Å²) < 4.78 is 0. The Bertz CT molecular complexity index is 118. The molecule has 1 nitrogen and oxygen atoms in total. The van der Waals surface area contributed by atoms with E-state index in [-0.39, 0.29) is 0 Å². The summed E-state index contributed by atoms with van der Waals surface area (Å²) in [6.45, 7) is 4.23. The summed E-state index contributed by atoms with van der Waals surface area (Å²) in [5.41, 5.74) is 0. The van der Waals surface area contributed by atoms with E-state index in [1.54, 1.807) is 0 Å². The van der Waals surface area contributed by atoms with Crippen LogP contribution in [0.4, 0.5) is 0 Å². The Labute approximate surface area is 56.4 Å². The maximum absolute atomic E-state index is 10.8. The molecule has 0 aliphatic heterocycles. The molecule has 1 aliphatic carbocycles. The van der Waals surface area contributed by atoms with Crippen molar-refractivity contribution in [3.8, 4) is 0 Å². The topological polar surface area (TPSA) is 17.1 Å². The van der Waals surface area contributed by atoms with Crippen LogP contribution in [-0.4, -0.2) is 5.78 Å². The Morgan fingerprint density at radius 1 is 1.33 bits per heavy atom. The second kappa shape index (κ2) is 2.51. The third kappa shape index (κ3) is 1.15. The van der Waals surface area contributed by atoms with E-state index in [1.807, 2.05) is 0 Å². The van der Waals surface area contributed by atoms with E-state index < -0.39 is 0 Å². The Morgan fingerprint density at radius 2 is 2.00 bits per heavy atom. The van der Waals surface area contributed by atoms with Crippen molar-refractivity contribution in [1.82, 2.24) is 0 Å². The van der Waals surface area contributed by atoms with Crippen LogP contribution in [0.2, 0.25) is 0 Å². The first-order chi connectivity index (χ1) is 4.31. The van der Waals surface area contributed by atoms with Crippen LogP contribution < -0.4 is 0 Å². The number of rotatable bonds is 3. The van der Waals surface area contributed by atoms with E-state index >= 15 is 0 Å². The first-order valence-electron chi connectivity index (χ1n) is 3.85. The summed E-state index contributed by atoms with van der Waals surface area (Å²) in [6, 6.07) is 0. The summed E-state index contributed by atoms with van der Waals surface area (Å²) in [6.07, 6.45) is 3.34. The van der Waals surface area contributed by atoms with E-state index in [0.29, 0.717) is 17.6 Å². The zero-order valence-electron chi connectivity index (χ0n) is 6.18. The fraction of sp³-hybridized carbons (Fsp3) is 0.875. The average Bonchev–Trinajstić information content (AvgIpc) is 2.44. The van der Waals surface area contributed by atoms with Crippen LogP contribution in [0.15, 0.2) is 0 Å². The van der Waals surface area contributed by atoms with Gasteiger partial charge in [0.05, 0.1) is 0 Å². The van der Waals surface area contributed by atoms with Gasteiger partial charge in [0.25, 0.3) is 0 Å². The maximum Gasteiger partial charge on any atom is 0.140 e. The molecule has 0 N–H and O–H groups in total. The Morgan fingerprint density at radius 3 is 2.33 bits per heavy atom. The number of ketones is 1. The Balaban J connectivity index is 2.25. The monoisotopic (exact) mass is 126 g/mol. The van der Waals surface area contributed by atoms with Crippen molar-refractivity contribution in [1.29, 1.82) is 0 Å². The van der Waals surface area contributed by atoms with Gasteiger partial charge in [0, 0.05) is 11.8 Å². The van der Waals surface area contributed by atoms with Crippen LogP contribution in [0.25, 0.3) is 0 Å². The normalized spacial score (nSPS) is 32.9. The standard InChI is InChI=1S/C8H14O/c1-3-5-7-6(4-2)8(7)9/h6-7H,3-5H2,1-2H3. The van der Waals surface area contributed by atoms with Gasteiger partial charge in [-0.05, 0) is 12.8 Å². The molecule has 2 atom stereocenters. The van der Waals surface area contributed by atoms with Crippen LogP contribution >= 0.6 is 0 Å². The van der Waals surface area contributed by atoms with Crippen LogP contribution in [0.1, 0.15) is 33.1 Å². The van der Waals surface area contributed by atoms with Gasteiger partial charge in [0.2, 0.25) is 0 Å². The number of Topliss-reactive ketones (excluding diaryl/α,β-unsaturated/α-hetero) is 1. The zero-order chi connectivity index (χ0) is 6.85. The smallest absolute Gasteiger partial charge is 0.140 e. The molecule has 1 heteroatoms. The molecule has 1 aliphatic rings. The molecule has 1 saturated carbocycles. The summed E-state index contributed by atoms with van der Waals surface area (Å²) in [5.74, 6) is 1.42. The number of hydrogen-bond donors (Lipinski definition) is 0. The molecule has 52 valence electrons. The zero-order valence-corrected chi connectivity index (χ0v) is 6.18. The first kappa shape index (κ1) is 6.79. The van der Waals surface area contributed by atoms with Crippen molar-refractivity contribution >= 4 is 5.78 Å². The number of hydrogen-bond acceptors (Lipinski definition) is 1. The molecule has 0 saturated heterocycles. The molecule has 0 amide bonds. The molecule has 0 aromatic heterocycles. The molecule has 0 spiro atoms. The van der Waals surface area contributed by atoms with E-state index in [2.05, 4.69) is 13.8 Å². The minimum atomic E-state index is 0.449. The van der Waals surface area contributed by atoms with Gasteiger partial charge in [-0.2, -0.15) is 0 Å². The van der Waals surface area contributed by atoms with E-state index in [1.165, 1.54) is 0 Å². The molecule has 1 rings (SSSR count). The average molecular weight is 126 g/mol. The van der Waals surface area contributed by atoms with Crippen molar-refractivity contribution < 1.29 is 4.79 Å². The van der Waals surface area contributed by atoms with E-state index in [4.69, 9.17) is 0 Å². The van der Waals surface area contributed by atoms with Crippen molar-refractivity contribution in [3.63, 3.8) is 0 Å². The third-order valence-corrected chi connectivity index (χ3v) is 2.15. The summed E-state index contributed by atoms with van der Waals surface area (Å²) in [5, 5.41) is 0. The Hall–Kier alpha value is -0.330. The second-order valence-corrected chi connectivity index (χ2v) is 2.81.